The van der Waals surface area contributed by atoms with Crippen molar-refractivity contribution in [3.63, 3.8) is 0 Å². The molecule has 1 aromatic heterocycles. The molecule has 2 fully saturated rings. The van der Waals surface area contributed by atoms with Crippen molar-refractivity contribution in [2.45, 2.75) is 29.0 Å². The number of thioether (sulfide) groups is 2. The second-order valence-corrected chi connectivity index (χ2v) is 7.25. The van der Waals surface area contributed by atoms with Gasteiger partial charge in [-0.25, -0.2) is 9.48 Å². The van der Waals surface area contributed by atoms with Gasteiger partial charge in [0.15, 0.2) is 0 Å². The van der Waals surface area contributed by atoms with Crippen LogP contribution in [0.3, 0.4) is 0 Å². The number of aromatic nitrogens is 4. The third-order valence-electron chi connectivity index (χ3n) is 4.04. The molecule has 0 aliphatic carbocycles. The first-order valence-electron chi connectivity index (χ1n) is 6.61. The fraction of sp³-hybridized carbons (Fsp3) is 0.545. The maximum absolute atomic E-state index is 12.1. The van der Waals surface area contributed by atoms with Gasteiger partial charge in [-0.3, -0.25) is 9.69 Å². The number of tetrazole rings is 1. The van der Waals surface area contributed by atoms with Crippen LogP contribution in [0, 0.1) is 0 Å². The number of rotatable bonds is 4. The van der Waals surface area contributed by atoms with Crippen LogP contribution >= 0.6 is 23.5 Å². The van der Waals surface area contributed by atoms with Gasteiger partial charge in [-0.05, 0) is 16.7 Å². The first-order chi connectivity index (χ1) is 10.6. The lowest BCUT2D eigenvalue weighted by molar-refractivity contribution is -0.150. The Balaban J connectivity index is 1.73. The van der Waals surface area contributed by atoms with Crippen LogP contribution in [0.25, 0.3) is 0 Å². The molecule has 2 saturated heterocycles. The molecule has 1 amide bonds. The highest BCUT2D eigenvalue weighted by molar-refractivity contribution is 8.03. The number of nitrogens with zero attached hydrogens (tertiary/aromatic N) is 5. The Morgan fingerprint density at radius 3 is 3.14 bits per heavy atom. The molecule has 0 spiro atoms. The summed E-state index contributed by atoms with van der Waals surface area (Å²) >= 11 is 2.89. The summed E-state index contributed by atoms with van der Waals surface area (Å²) in [5, 5.41) is 24.9. The molecule has 3 atom stereocenters. The smallest absolute Gasteiger partial charge is 0.353 e. The summed E-state index contributed by atoms with van der Waals surface area (Å²) in [6, 6.07) is -0.288. The number of carboxylic acid groups (broad SMARTS) is 1. The monoisotopic (exact) mass is 340 g/mol. The van der Waals surface area contributed by atoms with Crippen LogP contribution in [-0.4, -0.2) is 72.2 Å². The number of carbonyl (C=O) groups excluding carboxylic acids is 1. The molecule has 4 heterocycles. The summed E-state index contributed by atoms with van der Waals surface area (Å²) < 4.78 is 1.56. The molecule has 1 aromatic rings. The standard InChI is InChI=1S/C11H12N6O3S2/c1-21-11-13-14-15-16(11)3-5-8(10(19)20)17-7-4(22-5)2-12-6(7)9(17)18/h4,6-7,12H,2-3H2,1H3,(H,19,20)/t4-,6+,7-/m1/s1. The van der Waals surface area contributed by atoms with E-state index in [0.29, 0.717) is 16.6 Å². The summed E-state index contributed by atoms with van der Waals surface area (Å²) in [5.41, 5.74) is 0.0683. The number of allylic oxidation sites excluding steroid dienone is 1. The van der Waals surface area contributed by atoms with Gasteiger partial charge in [-0.15, -0.1) is 16.9 Å². The molecule has 3 aliphatic heterocycles. The van der Waals surface area contributed by atoms with E-state index in [1.54, 1.807) is 4.68 Å². The van der Waals surface area contributed by atoms with Gasteiger partial charge in [0.1, 0.15) is 11.7 Å². The third kappa shape index (κ3) is 1.82. The molecule has 0 unspecified atom stereocenters. The van der Waals surface area contributed by atoms with E-state index in [1.165, 1.54) is 28.4 Å². The van der Waals surface area contributed by atoms with Crippen molar-refractivity contribution >= 4 is 35.4 Å². The lowest BCUT2D eigenvalue weighted by Crippen LogP contribution is -2.68. The molecule has 0 radical (unpaired) electrons. The Hall–Kier alpha value is -1.59. The quantitative estimate of drug-likeness (QED) is 0.525. The van der Waals surface area contributed by atoms with Crippen LogP contribution < -0.4 is 5.32 Å². The number of amides is 1. The zero-order valence-corrected chi connectivity index (χ0v) is 13.1. The molecule has 3 aliphatic rings. The lowest BCUT2D eigenvalue weighted by Gasteiger charge is -2.48. The van der Waals surface area contributed by atoms with E-state index in [9.17, 15) is 14.7 Å². The largest absolute Gasteiger partial charge is 0.477 e. The summed E-state index contributed by atoms with van der Waals surface area (Å²) in [6.07, 6.45) is 1.85. The molecule has 2 N–H and O–H groups in total. The van der Waals surface area contributed by atoms with Crippen molar-refractivity contribution in [3.05, 3.63) is 10.6 Å². The Labute approximate surface area is 133 Å². The van der Waals surface area contributed by atoms with E-state index in [2.05, 4.69) is 20.8 Å². The minimum atomic E-state index is -1.08. The van der Waals surface area contributed by atoms with Gasteiger partial charge in [-0.2, -0.15) is 0 Å². The van der Waals surface area contributed by atoms with E-state index in [4.69, 9.17) is 0 Å². The maximum atomic E-state index is 12.1. The first kappa shape index (κ1) is 14.0. The molecule has 4 rings (SSSR count). The predicted molar refractivity (Wildman–Crippen MR) is 78.1 cm³/mol. The Morgan fingerprint density at radius 2 is 2.41 bits per heavy atom. The molecule has 9 nitrogen and oxygen atoms in total. The molecule has 0 bridgehead atoms. The number of aliphatic carboxylic acids is 1. The van der Waals surface area contributed by atoms with Gasteiger partial charge in [-0.1, -0.05) is 11.8 Å². The van der Waals surface area contributed by atoms with Crippen molar-refractivity contribution < 1.29 is 14.7 Å². The van der Waals surface area contributed by atoms with Crippen molar-refractivity contribution in [1.29, 1.82) is 0 Å². The van der Waals surface area contributed by atoms with Crippen molar-refractivity contribution in [2.75, 3.05) is 12.8 Å². The molecule has 0 saturated carbocycles. The fourth-order valence-electron chi connectivity index (χ4n) is 3.12. The molecular weight excluding hydrogens is 328 g/mol. The van der Waals surface area contributed by atoms with Crippen molar-refractivity contribution in [2.24, 2.45) is 0 Å². The van der Waals surface area contributed by atoms with Gasteiger partial charge in [0.05, 0.1) is 12.6 Å². The highest BCUT2D eigenvalue weighted by atomic mass is 32.2. The SMILES string of the molecule is CSc1nnnn1CC1=C(C(=O)O)N2C(=O)[C@H]3NC[C@@H](S1)[C@H]32. The molecule has 22 heavy (non-hydrogen) atoms. The summed E-state index contributed by atoms with van der Waals surface area (Å²) in [7, 11) is 0. The van der Waals surface area contributed by atoms with Crippen molar-refractivity contribution in [3.8, 4) is 0 Å². The van der Waals surface area contributed by atoms with Gasteiger partial charge in [0, 0.05) is 16.7 Å². The topological polar surface area (TPSA) is 113 Å². The van der Waals surface area contributed by atoms with Crippen LogP contribution in [-0.2, 0) is 16.1 Å². The van der Waals surface area contributed by atoms with E-state index in [-0.39, 0.29) is 35.5 Å². The average Bonchev–Trinajstić information content (AvgIpc) is 3.10. The number of carbonyl (C=O) groups is 2. The number of nitrogens with one attached hydrogen (secondary N) is 1. The third-order valence-corrected chi connectivity index (χ3v) is 6.05. The Bertz CT molecular complexity index is 704. The molecular formula is C11H12N6O3S2. The van der Waals surface area contributed by atoms with E-state index in [1.807, 2.05) is 6.26 Å². The number of hydrogen-bond acceptors (Lipinski definition) is 8. The normalized spacial score (nSPS) is 29.6. The van der Waals surface area contributed by atoms with Crippen LogP contribution in [0.4, 0.5) is 0 Å². The van der Waals surface area contributed by atoms with Gasteiger partial charge < -0.3 is 10.4 Å². The molecule has 116 valence electrons. The predicted octanol–water partition coefficient (Wildman–Crippen LogP) is -1.01. The second kappa shape index (κ2) is 4.96. The number of hydrogen-bond donors (Lipinski definition) is 2. The van der Waals surface area contributed by atoms with Crippen LogP contribution in [0.2, 0.25) is 0 Å². The van der Waals surface area contributed by atoms with Crippen LogP contribution in [0.5, 0.6) is 0 Å². The average molecular weight is 340 g/mol. The fourth-order valence-corrected chi connectivity index (χ4v) is 5.01. The van der Waals surface area contributed by atoms with Gasteiger partial charge >= 0.3 is 5.97 Å². The first-order valence-corrected chi connectivity index (χ1v) is 8.72. The van der Waals surface area contributed by atoms with E-state index < -0.39 is 5.97 Å². The minimum absolute atomic E-state index is 0.0544. The highest BCUT2D eigenvalue weighted by Gasteiger charge is 2.60. The van der Waals surface area contributed by atoms with Gasteiger partial charge in [0.25, 0.3) is 0 Å². The summed E-state index contributed by atoms with van der Waals surface area (Å²) in [6.45, 7) is 0.955. The Morgan fingerprint density at radius 1 is 1.59 bits per heavy atom. The molecule has 11 heteroatoms. The summed E-state index contributed by atoms with van der Waals surface area (Å²) in [5.74, 6) is -1.25. The highest BCUT2D eigenvalue weighted by Crippen LogP contribution is 2.46. The minimum Gasteiger partial charge on any atom is -0.477 e. The second-order valence-electron chi connectivity index (χ2n) is 5.14. The number of carboxylic acids is 1. The van der Waals surface area contributed by atoms with Gasteiger partial charge in [0.2, 0.25) is 11.1 Å². The van der Waals surface area contributed by atoms with Crippen LogP contribution in [0.15, 0.2) is 15.8 Å². The van der Waals surface area contributed by atoms with Crippen LogP contribution in [0.1, 0.15) is 0 Å². The molecule has 0 aromatic carbocycles. The van der Waals surface area contributed by atoms with Crippen molar-refractivity contribution in [1.82, 2.24) is 30.4 Å². The van der Waals surface area contributed by atoms with E-state index >= 15 is 0 Å². The maximum Gasteiger partial charge on any atom is 0.353 e. The summed E-state index contributed by atoms with van der Waals surface area (Å²) in [4.78, 5) is 25.9. The van der Waals surface area contributed by atoms with E-state index in [0.717, 1.165) is 0 Å². The zero-order valence-electron chi connectivity index (χ0n) is 11.5. The lowest BCUT2D eigenvalue weighted by atomic mass is 9.94. The number of β-lactam (4-membered cyclic amide) rings is 1. The Kier molecular flexibility index (Phi) is 3.16. The zero-order chi connectivity index (χ0) is 15.4.